The number of hydrogen-bond donors (Lipinski definition) is 1. The Morgan fingerprint density at radius 3 is 2.95 bits per heavy atom. The number of halogens is 2. The van der Waals surface area contributed by atoms with Gasteiger partial charge in [-0.25, -0.2) is 4.39 Å². The van der Waals surface area contributed by atoms with E-state index in [1.54, 1.807) is 0 Å². The van der Waals surface area contributed by atoms with Gasteiger partial charge in [0.2, 0.25) is 0 Å². The zero-order chi connectivity index (χ0) is 14.8. The molecule has 1 aliphatic heterocycles. The number of aryl methyl sites for hydroxylation is 1. The lowest BCUT2D eigenvalue weighted by Crippen LogP contribution is -2.02. The fraction of sp³-hybridized carbons (Fsp3) is 0.294. The number of benzene rings is 2. The number of ether oxygens (including phenoxy) is 1. The first-order chi connectivity index (χ1) is 10.1. The predicted molar refractivity (Wildman–Crippen MR) is 80.3 cm³/mol. The predicted octanol–water partition coefficient (Wildman–Crippen LogP) is 4.08. The van der Waals surface area contributed by atoms with E-state index in [4.69, 9.17) is 16.3 Å². The van der Waals surface area contributed by atoms with Gasteiger partial charge in [0.1, 0.15) is 11.6 Å². The van der Waals surface area contributed by atoms with Crippen molar-refractivity contribution in [1.82, 2.24) is 0 Å². The Hall–Kier alpha value is -1.58. The van der Waals surface area contributed by atoms with Crippen LogP contribution in [0.1, 0.15) is 29.2 Å². The van der Waals surface area contributed by atoms with Gasteiger partial charge in [-0.2, -0.15) is 0 Å². The molecule has 110 valence electrons. The summed E-state index contributed by atoms with van der Waals surface area (Å²) in [7, 11) is 0. The van der Waals surface area contributed by atoms with Crippen molar-refractivity contribution in [2.75, 3.05) is 6.61 Å². The van der Waals surface area contributed by atoms with E-state index in [2.05, 4.69) is 6.07 Å². The molecule has 2 aromatic rings. The smallest absolute Gasteiger partial charge is 0.129 e. The number of aliphatic hydroxyl groups excluding tert-OH is 1. The van der Waals surface area contributed by atoms with Crippen molar-refractivity contribution < 1.29 is 14.2 Å². The lowest BCUT2D eigenvalue weighted by atomic mass is 9.99. The van der Waals surface area contributed by atoms with E-state index in [1.807, 2.05) is 12.1 Å². The fourth-order valence-corrected chi connectivity index (χ4v) is 2.80. The van der Waals surface area contributed by atoms with E-state index in [9.17, 15) is 9.50 Å². The van der Waals surface area contributed by atoms with Crippen LogP contribution in [0.5, 0.6) is 5.75 Å². The van der Waals surface area contributed by atoms with Crippen LogP contribution in [0.2, 0.25) is 5.02 Å². The summed E-state index contributed by atoms with van der Waals surface area (Å²) in [5, 5.41) is 10.6. The molecule has 0 saturated carbocycles. The van der Waals surface area contributed by atoms with Crippen molar-refractivity contribution in [1.29, 1.82) is 0 Å². The lowest BCUT2D eigenvalue weighted by molar-refractivity contribution is 0.163. The summed E-state index contributed by atoms with van der Waals surface area (Å²) in [6, 6.07) is 10.3. The van der Waals surface area contributed by atoms with Crippen LogP contribution in [-0.2, 0) is 12.8 Å². The number of aliphatic hydroxyl groups is 1. The SMILES string of the molecule is OC(CCc1ccc2c(c1)CCO2)c1cc(Cl)ccc1F. The largest absolute Gasteiger partial charge is 0.493 e. The third-order valence-electron chi connectivity index (χ3n) is 3.78. The minimum absolute atomic E-state index is 0.256. The summed E-state index contributed by atoms with van der Waals surface area (Å²) in [5.74, 6) is 0.523. The highest BCUT2D eigenvalue weighted by Crippen LogP contribution is 2.28. The average molecular weight is 307 g/mol. The van der Waals surface area contributed by atoms with E-state index >= 15 is 0 Å². The Kier molecular flexibility index (Phi) is 4.13. The molecule has 1 heterocycles. The van der Waals surface area contributed by atoms with Crippen LogP contribution in [0.25, 0.3) is 0 Å². The van der Waals surface area contributed by atoms with Crippen molar-refractivity contribution in [2.24, 2.45) is 0 Å². The Morgan fingerprint density at radius 2 is 2.10 bits per heavy atom. The summed E-state index contributed by atoms with van der Waals surface area (Å²) < 4.78 is 19.2. The van der Waals surface area contributed by atoms with Gasteiger partial charge in [-0.3, -0.25) is 0 Å². The second-order valence-corrected chi connectivity index (χ2v) is 5.70. The summed E-state index contributed by atoms with van der Waals surface area (Å²) in [4.78, 5) is 0. The van der Waals surface area contributed by atoms with Crippen molar-refractivity contribution >= 4 is 11.6 Å². The van der Waals surface area contributed by atoms with Gasteiger partial charge in [-0.15, -0.1) is 0 Å². The molecule has 2 nitrogen and oxygen atoms in total. The molecule has 2 aromatic carbocycles. The first-order valence-electron chi connectivity index (χ1n) is 7.01. The highest BCUT2D eigenvalue weighted by Gasteiger charge is 2.15. The van der Waals surface area contributed by atoms with Gasteiger partial charge in [-0.05, 0) is 48.2 Å². The summed E-state index contributed by atoms with van der Waals surface area (Å²) in [5.41, 5.74) is 2.59. The molecule has 0 saturated heterocycles. The molecule has 0 aliphatic carbocycles. The molecule has 21 heavy (non-hydrogen) atoms. The number of fused-ring (bicyclic) bond motifs is 1. The minimum Gasteiger partial charge on any atom is -0.493 e. The van der Waals surface area contributed by atoms with Crippen molar-refractivity contribution in [3.63, 3.8) is 0 Å². The van der Waals surface area contributed by atoms with Crippen molar-refractivity contribution in [3.8, 4) is 5.75 Å². The van der Waals surface area contributed by atoms with Crippen LogP contribution in [0.4, 0.5) is 4.39 Å². The Bertz CT molecular complexity index is 657. The third-order valence-corrected chi connectivity index (χ3v) is 4.01. The van der Waals surface area contributed by atoms with Gasteiger partial charge >= 0.3 is 0 Å². The minimum atomic E-state index is -0.854. The Balaban J connectivity index is 1.68. The first-order valence-corrected chi connectivity index (χ1v) is 7.39. The van der Waals surface area contributed by atoms with Crippen LogP contribution < -0.4 is 4.74 Å². The van der Waals surface area contributed by atoms with E-state index in [0.717, 1.165) is 24.3 Å². The quantitative estimate of drug-likeness (QED) is 0.922. The van der Waals surface area contributed by atoms with Gasteiger partial charge in [0.25, 0.3) is 0 Å². The maximum atomic E-state index is 13.7. The molecule has 1 unspecified atom stereocenters. The van der Waals surface area contributed by atoms with E-state index < -0.39 is 11.9 Å². The maximum Gasteiger partial charge on any atom is 0.129 e. The maximum absolute atomic E-state index is 13.7. The molecule has 1 aliphatic rings. The van der Waals surface area contributed by atoms with Crippen LogP contribution in [0, 0.1) is 5.82 Å². The van der Waals surface area contributed by atoms with E-state index in [-0.39, 0.29) is 5.56 Å². The lowest BCUT2D eigenvalue weighted by Gasteiger charge is -2.12. The third kappa shape index (κ3) is 3.20. The molecule has 0 fully saturated rings. The number of rotatable bonds is 4. The summed E-state index contributed by atoms with van der Waals surface area (Å²) in [6.45, 7) is 0.731. The molecular weight excluding hydrogens is 291 g/mol. The van der Waals surface area contributed by atoms with Gasteiger partial charge in [0.15, 0.2) is 0 Å². The molecule has 1 N–H and O–H groups in total. The molecular formula is C17H16ClFO2. The van der Waals surface area contributed by atoms with Crippen molar-refractivity contribution in [2.45, 2.75) is 25.4 Å². The zero-order valence-electron chi connectivity index (χ0n) is 11.5. The average Bonchev–Trinajstić information content (AvgIpc) is 2.94. The van der Waals surface area contributed by atoms with Gasteiger partial charge in [0.05, 0.1) is 12.7 Å². The zero-order valence-corrected chi connectivity index (χ0v) is 12.2. The molecule has 4 heteroatoms. The molecule has 3 rings (SSSR count). The van der Waals surface area contributed by atoms with Crippen LogP contribution in [-0.4, -0.2) is 11.7 Å². The Labute approximate surface area is 128 Å². The molecule has 0 amide bonds. The second kappa shape index (κ2) is 6.04. The van der Waals surface area contributed by atoms with E-state index in [0.29, 0.717) is 17.9 Å². The molecule has 0 bridgehead atoms. The van der Waals surface area contributed by atoms with Crippen LogP contribution >= 0.6 is 11.6 Å². The number of hydrogen-bond acceptors (Lipinski definition) is 2. The summed E-state index contributed by atoms with van der Waals surface area (Å²) >= 11 is 5.85. The first kappa shape index (κ1) is 14.4. The topological polar surface area (TPSA) is 29.5 Å². The van der Waals surface area contributed by atoms with Crippen molar-refractivity contribution in [3.05, 3.63) is 63.9 Å². The monoisotopic (exact) mass is 306 g/mol. The molecule has 0 spiro atoms. The van der Waals surface area contributed by atoms with E-state index in [1.165, 1.54) is 23.8 Å². The fourth-order valence-electron chi connectivity index (χ4n) is 2.62. The summed E-state index contributed by atoms with van der Waals surface area (Å²) in [6.07, 6.45) is 1.21. The van der Waals surface area contributed by atoms with Crippen LogP contribution in [0.3, 0.4) is 0 Å². The highest BCUT2D eigenvalue weighted by molar-refractivity contribution is 6.30. The standard InChI is InChI=1S/C17H16ClFO2/c18-13-3-4-15(19)14(10-13)16(20)5-1-11-2-6-17-12(9-11)7-8-21-17/h2-4,6,9-10,16,20H,1,5,7-8H2. The normalized spacial score (nSPS) is 14.6. The van der Waals surface area contributed by atoms with Gasteiger partial charge < -0.3 is 9.84 Å². The second-order valence-electron chi connectivity index (χ2n) is 5.26. The molecule has 1 atom stereocenters. The van der Waals surface area contributed by atoms with Gasteiger partial charge in [-0.1, -0.05) is 23.7 Å². The Morgan fingerprint density at radius 1 is 1.24 bits per heavy atom. The van der Waals surface area contributed by atoms with Gasteiger partial charge in [0, 0.05) is 17.0 Å². The highest BCUT2D eigenvalue weighted by atomic mass is 35.5. The molecule has 0 aromatic heterocycles. The van der Waals surface area contributed by atoms with Crippen LogP contribution in [0.15, 0.2) is 36.4 Å². The molecule has 0 radical (unpaired) electrons.